The molecule has 1 amide bonds. The van der Waals surface area contributed by atoms with Crippen molar-refractivity contribution in [2.75, 3.05) is 11.9 Å². The van der Waals surface area contributed by atoms with Crippen molar-refractivity contribution in [3.63, 3.8) is 0 Å². The maximum Gasteiger partial charge on any atom is 0.411 e. The summed E-state index contributed by atoms with van der Waals surface area (Å²) in [5, 5.41) is 2.84. The van der Waals surface area contributed by atoms with E-state index in [1.807, 2.05) is 0 Å². The van der Waals surface area contributed by atoms with Crippen LogP contribution >= 0.6 is 34.8 Å². The van der Waals surface area contributed by atoms with E-state index in [9.17, 15) is 4.79 Å². The van der Waals surface area contributed by atoms with Crippen LogP contribution in [0.2, 0.25) is 0 Å². The van der Waals surface area contributed by atoms with E-state index in [-0.39, 0.29) is 6.61 Å². The largest absolute Gasteiger partial charge is 0.445 e. The molecule has 0 unspecified atom stereocenters. The van der Waals surface area contributed by atoms with Crippen molar-refractivity contribution in [2.24, 2.45) is 0 Å². The number of hydrogen-bond acceptors (Lipinski definition) is 3. The fourth-order valence-corrected chi connectivity index (χ4v) is 3.19. The van der Waals surface area contributed by atoms with Crippen molar-refractivity contribution in [2.45, 2.75) is 42.3 Å². The Morgan fingerprint density at radius 1 is 1.10 bits per heavy atom. The second-order valence-electron chi connectivity index (χ2n) is 5.36. The first-order chi connectivity index (χ1) is 9.94. The Balaban J connectivity index is 1.81. The van der Waals surface area contributed by atoms with E-state index in [2.05, 4.69) is 5.32 Å². The van der Waals surface area contributed by atoms with E-state index in [0.29, 0.717) is 0 Å². The van der Waals surface area contributed by atoms with Gasteiger partial charge in [0, 0.05) is 11.4 Å². The lowest BCUT2D eigenvalue weighted by atomic mass is 10.1. The molecule has 0 fully saturated rings. The van der Waals surface area contributed by atoms with Crippen LogP contribution in [0.3, 0.4) is 0 Å². The average molecular weight is 350 g/mol. The van der Waals surface area contributed by atoms with E-state index in [0.717, 1.165) is 66.7 Å². The molecule has 114 valence electrons. The van der Waals surface area contributed by atoms with Gasteiger partial charge in [0.05, 0.1) is 5.69 Å². The number of halogens is 3. The lowest BCUT2D eigenvalue weighted by Gasteiger charge is -2.16. The molecule has 7 heteroatoms. The van der Waals surface area contributed by atoms with Gasteiger partial charge >= 0.3 is 6.09 Å². The molecular formula is C14H15Cl3N2O2. The van der Waals surface area contributed by atoms with Gasteiger partial charge in [-0.15, -0.1) is 0 Å². The number of carbonyl (C=O) groups excluding carboxylic acids is 1. The quantitative estimate of drug-likeness (QED) is 0.822. The molecule has 1 N–H and O–H groups in total. The lowest BCUT2D eigenvalue weighted by molar-refractivity contribution is 0.164. The molecule has 0 spiro atoms. The molecule has 3 rings (SSSR count). The van der Waals surface area contributed by atoms with Crippen molar-refractivity contribution in [1.82, 2.24) is 4.98 Å². The van der Waals surface area contributed by atoms with Crippen LogP contribution in [-0.2, 0) is 30.4 Å². The van der Waals surface area contributed by atoms with E-state index >= 15 is 0 Å². The summed E-state index contributed by atoms with van der Waals surface area (Å²) in [6, 6.07) is 0. The fraction of sp³-hybridized carbons (Fsp3) is 0.571. The maximum atomic E-state index is 11.9. The van der Waals surface area contributed by atoms with Gasteiger partial charge in [0.1, 0.15) is 6.61 Å². The number of pyridine rings is 1. The molecule has 1 heterocycles. The number of hydrogen-bond donors (Lipinski definition) is 1. The first-order valence-electron chi connectivity index (χ1n) is 6.98. The molecule has 2 aliphatic rings. The molecule has 1 aromatic rings. The van der Waals surface area contributed by atoms with Crippen LogP contribution in [0.1, 0.15) is 35.4 Å². The smallest absolute Gasteiger partial charge is 0.411 e. The van der Waals surface area contributed by atoms with E-state index in [1.165, 1.54) is 0 Å². The van der Waals surface area contributed by atoms with Gasteiger partial charge in [0.15, 0.2) is 0 Å². The van der Waals surface area contributed by atoms with E-state index in [4.69, 9.17) is 44.5 Å². The van der Waals surface area contributed by atoms with Gasteiger partial charge in [-0.25, -0.2) is 4.79 Å². The van der Waals surface area contributed by atoms with Crippen molar-refractivity contribution < 1.29 is 9.53 Å². The number of anilines is 1. The SMILES string of the molecule is O=C(Nc1c2c(nc3c1CCC3)CCC2)OCC(Cl)(Cl)Cl. The minimum atomic E-state index is -1.60. The van der Waals surface area contributed by atoms with Crippen molar-refractivity contribution in [3.8, 4) is 0 Å². The standard InChI is InChI=1S/C14H15Cl3N2O2/c15-14(16,17)7-21-13(20)19-12-8-3-1-5-10(8)18-11-6-2-4-9(11)12/h1-7H2,(H,18,19,20). The Morgan fingerprint density at radius 2 is 1.67 bits per heavy atom. The van der Waals surface area contributed by atoms with Gasteiger partial charge in [-0.1, -0.05) is 34.8 Å². The Bertz CT molecular complexity index is 552. The van der Waals surface area contributed by atoms with Crippen LogP contribution in [0.4, 0.5) is 10.5 Å². The second kappa shape index (κ2) is 5.82. The Kier molecular flexibility index (Phi) is 4.21. The van der Waals surface area contributed by atoms with E-state index in [1.54, 1.807) is 0 Å². The van der Waals surface area contributed by atoms with Gasteiger partial charge < -0.3 is 4.74 Å². The zero-order chi connectivity index (χ0) is 15.0. The minimum Gasteiger partial charge on any atom is -0.445 e. The van der Waals surface area contributed by atoms with Crippen molar-refractivity contribution >= 4 is 46.6 Å². The number of rotatable bonds is 2. The predicted molar refractivity (Wildman–Crippen MR) is 83.5 cm³/mol. The molecule has 21 heavy (non-hydrogen) atoms. The molecule has 1 aromatic heterocycles. The summed E-state index contributed by atoms with van der Waals surface area (Å²) in [5.41, 5.74) is 5.36. The molecule has 0 atom stereocenters. The molecule has 4 nitrogen and oxygen atoms in total. The topological polar surface area (TPSA) is 51.2 Å². The Labute approximate surface area is 138 Å². The minimum absolute atomic E-state index is 0.279. The highest BCUT2D eigenvalue weighted by atomic mass is 35.6. The highest BCUT2D eigenvalue weighted by Crippen LogP contribution is 2.36. The highest BCUT2D eigenvalue weighted by Gasteiger charge is 2.27. The van der Waals surface area contributed by atoms with Gasteiger partial charge in [0.2, 0.25) is 3.79 Å². The first-order valence-corrected chi connectivity index (χ1v) is 8.11. The van der Waals surface area contributed by atoms with Crippen LogP contribution in [0, 0.1) is 0 Å². The molecule has 0 saturated heterocycles. The zero-order valence-electron chi connectivity index (χ0n) is 11.3. The number of amides is 1. The maximum absolute atomic E-state index is 11.9. The third-order valence-electron chi connectivity index (χ3n) is 3.84. The number of aromatic nitrogens is 1. The predicted octanol–water partition coefficient (Wildman–Crippen LogP) is 3.98. The molecular weight excluding hydrogens is 335 g/mol. The van der Waals surface area contributed by atoms with Gasteiger partial charge in [-0.2, -0.15) is 0 Å². The third kappa shape index (κ3) is 3.38. The summed E-state index contributed by atoms with van der Waals surface area (Å²) in [4.78, 5) is 16.7. The number of carbonyl (C=O) groups is 1. The van der Waals surface area contributed by atoms with Gasteiger partial charge in [-0.3, -0.25) is 10.3 Å². The number of aryl methyl sites for hydroxylation is 2. The van der Waals surface area contributed by atoms with Crippen LogP contribution in [-0.4, -0.2) is 21.5 Å². The Morgan fingerprint density at radius 3 is 2.19 bits per heavy atom. The number of nitrogens with one attached hydrogen (secondary N) is 1. The Hall–Kier alpha value is -0.710. The van der Waals surface area contributed by atoms with Crippen LogP contribution in [0.15, 0.2) is 0 Å². The monoisotopic (exact) mass is 348 g/mol. The summed E-state index contributed by atoms with van der Waals surface area (Å²) >= 11 is 16.8. The number of nitrogens with zero attached hydrogens (tertiary/aromatic N) is 1. The summed E-state index contributed by atoms with van der Waals surface area (Å²) in [5.74, 6) is 0. The summed E-state index contributed by atoms with van der Waals surface area (Å²) < 4.78 is 3.37. The third-order valence-corrected chi connectivity index (χ3v) is 4.17. The molecule has 0 aromatic carbocycles. The van der Waals surface area contributed by atoms with Crippen LogP contribution < -0.4 is 5.32 Å². The second-order valence-corrected chi connectivity index (χ2v) is 7.88. The average Bonchev–Trinajstić information content (AvgIpc) is 3.03. The summed E-state index contributed by atoms with van der Waals surface area (Å²) in [6.07, 6.45) is 5.38. The number of alkyl halides is 3. The zero-order valence-corrected chi connectivity index (χ0v) is 13.6. The van der Waals surface area contributed by atoms with Crippen molar-refractivity contribution in [3.05, 3.63) is 22.5 Å². The molecule has 2 aliphatic carbocycles. The number of fused-ring (bicyclic) bond motifs is 2. The van der Waals surface area contributed by atoms with Gasteiger partial charge in [-0.05, 0) is 49.7 Å². The normalized spacial score (nSPS) is 16.5. The summed E-state index contributed by atoms with van der Waals surface area (Å²) in [7, 11) is 0. The molecule has 0 saturated carbocycles. The first kappa shape index (κ1) is 15.2. The fourth-order valence-electron chi connectivity index (χ4n) is 3.02. The highest BCUT2D eigenvalue weighted by molar-refractivity contribution is 6.67. The molecule has 0 aliphatic heterocycles. The molecule has 0 radical (unpaired) electrons. The number of ether oxygens (including phenoxy) is 1. The summed E-state index contributed by atoms with van der Waals surface area (Å²) in [6.45, 7) is -0.279. The lowest BCUT2D eigenvalue weighted by Crippen LogP contribution is -2.22. The van der Waals surface area contributed by atoms with Gasteiger partial charge in [0.25, 0.3) is 0 Å². The van der Waals surface area contributed by atoms with Crippen LogP contribution in [0.25, 0.3) is 0 Å². The van der Waals surface area contributed by atoms with Crippen molar-refractivity contribution in [1.29, 1.82) is 0 Å². The molecule has 0 bridgehead atoms. The van der Waals surface area contributed by atoms with E-state index < -0.39 is 9.89 Å². The van der Waals surface area contributed by atoms with Crippen LogP contribution in [0.5, 0.6) is 0 Å².